The zero-order valence-electron chi connectivity index (χ0n) is 53.1. The van der Waals surface area contributed by atoms with Gasteiger partial charge < -0.3 is 4.90 Å². The Morgan fingerprint density at radius 3 is 1.59 bits per heavy atom. The summed E-state index contributed by atoms with van der Waals surface area (Å²) in [6, 6.07) is 81.1. The second kappa shape index (κ2) is 22.1. The molecule has 0 fully saturated rings. The number of pyridine rings is 1. The molecule has 0 unspecified atom stereocenters. The first-order valence-corrected chi connectivity index (χ1v) is 31.6. The normalized spacial score (nSPS) is 13.0. The fourth-order valence-corrected chi connectivity index (χ4v) is 13.0. The van der Waals surface area contributed by atoms with E-state index in [0.29, 0.717) is 11.5 Å². The van der Waals surface area contributed by atoms with Crippen molar-refractivity contribution in [1.82, 2.24) is 14.1 Å². The van der Waals surface area contributed by atoms with E-state index in [9.17, 15) is 0 Å². The zero-order chi connectivity index (χ0) is 61.5. The average Bonchev–Trinajstić information content (AvgIpc) is 1.69. The summed E-state index contributed by atoms with van der Waals surface area (Å²) in [5.41, 5.74) is 20.7. The van der Waals surface area contributed by atoms with E-state index >= 15 is 0 Å². The number of nitrogens with zero attached hydrogens (tertiary/aromatic N) is 5. The summed E-state index contributed by atoms with van der Waals surface area (Å²) in [6.45, 7) is 34.3. The SMILES string of the molecule is CC(C)(C)c1cc(-n2[c](=[Pt])n(-c3[c-]c(Oc4[c-]c5c(cc4C(C)(C)C)-c4ccccc4N(c4ccccc4)c4ccccc4-c4cc(C(C)(C)C)ccc4N5c4cc(C(C)(C)C)ccn4)ccc3)c3ccc(-c4ccccc4)cc32)cc(C(C)(C)C)c1. The van der Waals surface area contributed by atoms with Crippen molar-refractivity contribution in [2.45, 2.75) is 131 Å². The van der Waals surface area contributed by atoms with Crippen LogP contribution in [0.5, 0.6) is 11.5 Å². The molecule has 0 radical (unpaired) electrons. The maximum absolute atomic E-state index is 7.48. The van der Waals surface area contributed by atoms with Gasteiger partial charge in [-0.25, -0.2) is 0 Å². The summed E-state index contributed by atoms with van der Waals surface area (Å²) in [5, 5.41) is 0. The van der Waals surface area contributed by atoms with Gasteiger partial charge in [0.15, 0.2) is 0 Å². The predicted molar refractivity (Wildman–Crippen MR) is 361 cm³/mol. The van der Waals surface area contributed by atoms with E-state index < -0.39 is 5.41 Å². The Balaban J connectivity index is 1.12. The number of rotatable bonds is 7. The van der Waals surface area contributed by atoms with Gasteiger partial charge in [0.2, 0.25) is 0 Å². The van der Waals surface area contributed by atoms with Gasteiger partial charge in [-0.1, -0.05) is 96.1 Å². The van der Waals surface area contributed by atoms with E-state index in [1.54, 1.807) is 0 Å². The van der Waals surface area contributed by atoms with Crippen LogP contribution in [0.2, 0.25) is 0 Å². The van der Waals surface area contributed by atoms with Crippen molar-refractivity contribution in [1.29, 1.82) is 0 Å². The molecule has 1 aliphatic heterocycles. The maximum atomic E-state index is 7.48. The number of ether oxygens (including phenoxy) is 1. The molecule has 0 spiro atoms. The van der Waals surface area contributed by atoms with Gasteiger partial charge >= 0.3 is 348 Å². The van der Waals surface area contributed by atoms with Crippen LogP contribution < -0.4 is 14.5 Å². The third kappa shape index (κ3) is 11.4. The van der Waals surface area contributed by atoms with Crippen molar-refractivity contribution in [3.8, 4) is 56.3 Å². The van der Waals surface area contributed by atoms with Crippen molar-refractivity contribution in [2.75, 3.05) is 9.80 Å². The fraction of sp³-hybridized carbons (Fsp3) is 0.250. The van der Waals surface area contributed by atoms with E-state index in [0.717, 1.165) is 93.8 Å². The molecule has 0 bridgehead atoms. The Morgan fingerprint density at radius 1 is 0.391 bits per heavy atom. The van der Waals surface area contributed by atoms with Crippen molar-refractivity contribution in [2.24, 2.45) is 0 Å². The van der Waals surface area contributed by atoms with Crippen LogP contribution in [0.4, 0.5) is 34.3 Å². The number of benzene rings is 9. The molecule has 7 heteroatoms. The van der Waals surface area contributed by atoms with E-state index in [4.69, 9.17) is 9.72 Å². The molecule has 11 aromatic rings. The van der Waals surface area contributed by atoms with Crippen LogP contribution in [0.15, 0.2) is 206 Å². The molecule has 442 valence electrons. The van der Waals surface area contributed by atoms with Crippen LogP contribution in [-0.2, 0) is 46.4 Å². The molecule has 0 aliphatic carbocycles. The molecular formula is C80H79N5OPt-2. The Kier molecular flexibility index (Phi) is 15.0. The monoisotopic (exact) mass is 1320 g/mol. The molecule has 87 heavy (non-hydrogen) atoms. The number of hydrogen-bond donors (Lipinski definition) is 0. The number of hydrogen-bond acceptors (Lipinski definition) is 4. The summed E-state index contributed by atoms with van der Waals surface area (Å²) < 4.78 is 13.2. The Bertz CT molecular complexity index is 4440. The number of para-hydroxylation sites is 3. The molecule has 2 aromatic heterocycles. The summed E-state index contributed by atoms with van der Waals surface area (Å²) in [7, 11) is 0. The van der Waals surface area contributed by atoms with Gasteiger partial charge in [0.25, 0.3) is 0 Å². The molecular weight excluding hydrogens is 1240 g/mol. The molecule has 12 rings (SSSR count). The molecule has 9 aromatic carbocycles. The third-order valence-corrected chi connectivity index (χ3v) is 17.9. The van der Waals surface area contributed by atoms with Crippen LogP contribution in [0.1, 0.15) is 132 Å². The van der Waals surface area contributed by atoms with Gasteiger partial charge in [0, 0.05) is 17.4 Å². The van der Waals surface area contributed by atoms with E-state index in [2.05, 4.69) is 348 Å². The van der Waals surface area contributed by atoms with Gasteiger partial charge in [0.1, 0.15) is 0 Å². The summed E-state index contributed by atoms with van der Waals surface area (Å²) >= 11 is 2.53. The van der Waals surface area contributed by atoms with Crippen LogP contribution in [-0.4, -0.2) is 14.1 Å². The molecule has 0 amide bonds. The molecule has 0 atom stereocenters. The summed E-state index contributed by atoms with van der Waals surface area (Å²) in [5.74, 6) is 1.96. The minimum absolute atomic E-state index is 0.0772. The predicted octanol–water partition coefficient (Wildman–Crippen LogP) is 22.0. The first kappa shape index (κ1) is 59.0. The van der Waals surface area contributed by atoms with Gasteiger partial charge in [-0.15, -0.1) is 0 Å². The van der Waals surface area contributed by atoms with E-state index in [1.807, 2.05) is 12.3 Å². The van der Waals surface area contributed by atoms with Crippen LogP contribution in [0, 0.1) is 15.9 Å². The molecule has 0 saturated heterocycles. The molecule has 3 heterocycles. The standard InChI is InChI=1S/C80H79N5O.Pt/c1-76(2,3)55-38-40-70-65(47-55)63-33-22-24-35-68(63)84(59-29-20-17-21-30-59)69-36-25-23-34-64(69)66-50-67(80(13,14)15)74(51-72(66)85(70)75-48-56(41-42-81-75)77(4,5)6)86-62-32-26-31-60(49-62)82-52-83(61-45-57(78(7,8)9)44-58(46-61)79(10,11)12)73-43-54(37-39-71(73)82)53-27-18-16-19-28-53;/h16-48,50H,1-15H3;/q-2;. The topological polar surface area (TPSA) is 38.5 Å². The summed E-state index contributed by atoms with van der Waals surface area (Å²) in [4.78, 5) is 10.1. The first-order valence-electron chi connectivity index (χ1n) is 30.4. The second-order valence-corrected chi connectivity index (χ2v) is 29.5. The molecule has 0 N–H and O–H groups in total. The number of fused-ring (bicyclic) bond motifs is 7. The Hall–Kier alpha value is -8.31. The minimum atomic E-state index is -0.412. The van der Waals surface area contributed by atoms with Crippen molar-refractivity contribution in [3.63, 3.8) is 0 Å². The second-order valence-electron chi connectivity index (χ2n) is 28.5. The van der Waals surface area contributed by atoms with Crippen molar-refractivity contribution >= 4 is 45.3 Å². The average molecular weight is 1320 g/mol. The van der Waals surface area contributed by atoms with Gasteiger partial charge in [-0.05, 0) is 58.4 Å². The Morgan fingerprint density at radius 2 is 0.966 bits per heavy atom. The van der Waals surface area contributed by atoms with Gasteiger partial charge in [-0.3, -0.25) is 0 Å². The molecule has 1 aliphatic rings. The van der Waals surface area contributed by atoms with E-state index in [1.165, 1.54) is 27.8 Å². The number of aromatic nitrogens is 3. The van der Waals surface area contributed by atoms with E-state index in [-0.39, 0.29) is 21.7 Å². The van der Waals surface area contributed by atoms with Crippen molar-refractivity contribution in [3.05, 3.63) is 250 Å². The van der Waals surface area contributed by atoms with Crippen molar-refractivity contribution < 1.29 is 24.1 Å². The quantitative estimate of drug-likeness (QED) is 0.149. The van der Waals surface area contributed by atoms with Crippen LogP contribution >= 0.6 is 0 Å². The number of anilines is 6. The summed E-state index contributed by atoms with van der Waals surface area (Å²) in [6.07, 6.45) is 1.96. The van der Waals surface area contributed by atoms with Crippen LogP contribution in [0.3, 0.4) is 0 Å². The Labute approximate surface area is 527 Å². The third-order valence-electron chi connectivity index (χ3n) is 16.9. The fourth-order valence-electron chi connectivity index (χ4n) is 11.9. The van der Waals surface area contributed by atoms with Gasteiger partial charge in [-0.2, -0.15) is 0 Å². The first-order chi connectivity index (χ1) is 41.2. The zero-order valence-corrected chi connectivity index (χ0v) is 55.4. The van der Waals surface area contributed by atoms with Crippen LogP contribution in [0.25, 0.3) is 55.8 Å². The molecule has 6 nitrogen and oxygen atoms in total. The number of imidazole rings is 1. The molecule has 0 saturated carbocycles. The van der Waals surface area contributed by atoms with Gasteiger partial charge in [0.05, 0.1) is 5.69 Å².